The molecule has 0 aliphatic heterocycles. The molecular formula is C12H24InNO. The second kappa shape index (κ2) is 8.26. The van der Waals surface area contributed by atoms with Gasteiger partial charge in [-0.15, -0.1) is 0 Å². The van der Waals surface area contributed by atoms with E-state index in [4.69, 9.17) is 0 Å². The first-order valence-corrected chi connectivity index (χ1v) is 12.2. The van der Waals surface area contributed by atoms with E-state index in [9.17, 15) is 4.79 Å². The third-order valence-corrected chi connectivity index (χ3v) is 12.5. The van der Waals surface area contributed by atoms with Crippen molar-refractivity contribution in [3.8, 4) is 0 Å². The van der Waals surface area contributed by atoms with E-state index in [1.165, 1.54) is 20.5 Å². The molecule has 0 aromatic heterocycles. The van der Waals surface area contributed by atoms with Crippen molar-refractivity contribution in [3.63, 3.8) is 0 Å². The van der Waals surface area contributed by atoms with E-state index in [2.05, 4.69) is 30.6 Å². The number of rotatable bonds is 7. The van der Waals surface area contributed by atoms with Crippen LogP contribution in [0.4, 0.5) is 0 Å². The molecule has 0 aliphatic carbocycles. The summed E-state index contributed by atoms with van der Waals surface area (Å²) in [6.45, 7) is 11.7. The van der Waals surface area contributed by atoms with Gasteiger partial charge in [0.1, 0.15) is 0 Å². The van der Waals surface area contributed by atoms with Crippen molar-refractivity contribution in [1.82, 2.24) is 2.89 Å². The predicted molar refractivity (Wildman–Crippen MR) is 68.2 cm³/mol. The van der Waals surface area contributed by atoms with Gasteiger partial charge >= 0.3 is 103 Å². The summed E-state index contributed by atoms with van der Waals surface area (Å²) in [4.78, 5) is 11.1. The normalized spacial score (nSPS) is 11.4. The minimum absolute atomic E-state index is 0.172. The van der Waals surface area contributed by atoms with Gasteiger partial charge in [-0.3, -0.25) is 0 Å². The van der Waals surface area contributed by atoms with Crippen LogP contribution in [0.25, 0.3) is 0 Å². The van der Waals surface area contributed by atoms with Gasteiger partial charge in [0.05, 0.1) is 0 Å². The Kier molecular flexibility index (Phi) is 8.30. The quantitative estimate of drug-likeness (QED) is 0.673. The molecule has 3 heteroatoms. The standard InChI is InChI=1S/C8H15NO.2C2H5.In/c1-4-5-9-7(2)6-8(3)10;2*1-2;/h6H,4-5H2,1-3H3,(H,9,10);2*1H2,2H3;/q;;;+1/p-1. The predicted octanol–water partition coefficient (Wildman–Crippen LogP) is 3.22. The van der Waals surface area contributed by atoms with Gasteiger partial charge in [0.2, 0.25) is 0 Å². The van der Waals surface area contributed by atoms with Gasteiger partial charge in [-0.1, -0.05) is 0 Å². The molecule has 0 spiro atoms. The molecule has 0 aromatic carbocycles. The summed E-state index contributed by atoms with van der Waals surface area (Å²) in [5.74, 6) is 0.172. The molecule has 15 heavy (non-hydrogen) atoms. The fourth-order valence-corrected chi connectivity index (χ4v) is 9.79. The van der Waals surface area contributed by atoms with Crippen molar-refractivity contribution in [2.24, 2.45) is 0 Å². The molecule has 2 nitrogen and oxygen atoms in total. The third kappa shape index (κ3) is 5.64. The van der Waals surface area contributed by atoms with E-state index in [0.29, 0.717) is 0 Å². The Morgan fingerprint density at radius 2 is 1.73 bits per heavy atom. The summed E-state index contributed by atoms with van der Waals surface area (Å²) in [7, 11) is 0. The molecule has 0 rings (SSSR count). The van der Waals surface area contributed by atoms with Gasteiger partial charge in [0.15, 0.2) is 0 Å². The molecule has 0 bridgehead atoms. The van der Waals surface area contributed by atoms with E-state index >= 15 is 0 Å². The summed E-state index contributed by atoms with van der Waals surface area (Å²) in [5, 5.41) is 0. The molecule has 0 N–H and O–H groups in total. The number of nitrogens with zero attached hydrogens (tertiary/aromatic N) is 1. The van der Waals surface area contributed by atoms with E-state index in [0.717, 1.165) is 6.54 Å². The van der Waals surface area contributed by atoms with Gasteiger partial charge in [0, 0.05) is 0 Å². The van der Waals surface area contributed by atoms with Crippen LogP contribution in [0.5, 0.6) is 0 Å². The van der Waals surface area contributed by atoms with Crippen molar-refractivity contribution in [3.05, 3.63) is 11.8 Å². The molecule has 0 heterocycles. The van der Waals surface area contributed by atoms with Crippen LogP contribution in [0.15, 0.2) is 11.8 Å². The Labute approximate surface area is 103 Å². The third-order valence-electron chi connectivity index (χ3n) is 2.71. The van der Waals surface area contributed by atoms with Crippen molar-refractivity contribution in [1.29, 1.82) is 0 Å². The first kappa shape index (κ1) is 15.1. The Hall–Kier alpha value is 0.0801. The second-order valence-corrected chi connectivity index (χ2v) is 14.2. The number of allylic oxidation sites excluding steroid dienone is 2. The van der Waals surface area contributed by atoms with Gasteiger partial charge in [-0.2, -0.15) is 0 Å². The van der Waals surface area contributed by atoms with Crippen LogP contribution in [0.3, 0.4) is 0 Å². The molecular weight excluding hydrogens is 289 g/mol. The molecule has 0 amide bonds. The maximum atomic E-state index is 11.1. The Morgan fingerprint density at radius 3 is 2.07 bits per heavy atom. The van der Waals surface area contributed by atoms with Crippen LogP contribution in [-0.4, -0.2) is 36.9 Å². The summed E-state index contributed by atoms with van der Waals surface area (Å²) in [5.41, 5.74) is 1.20. The van der Waals surface area contributed by atoms with Crippen LogP contribution >= 0.6 is 0 Å². The second-order valence-electron chi connectivity index (χ2n) is 4.06. The van der Waals surface area contributed by atoms with Gasteiger partial charge in [-0.25, -0.2) is 0 Å². The van der Waals surface area contributed by atoms with Crippen molar-refractivity contribution in [2.45, 2.75) is 49.4 Å². The molecule has 0 saturated heterocycles. The zero-order chi connectivity index (χ0) is 11.8. The van der Waals surface area contributed by atoms with E-state index < -0.39 is 21.7 Å². The van der Waals surface area contributed by atoms with E-state index in [1.807, 2.05) is 0 Å². The molecule has 0 aliphatic rings. The monoisotopic (exact) mass is 313 g/mol. The van der Waals surface area contributed by atoms with Crippen LogP contribution in [0.1, 0.15) is 41.0 Å². The first-order chi connectivity index (χ1) is 7.06. The van der Waals surface area contributed by atoms with Crippen LogP contribution in [-0.2, 0) is 4.79 Å². The van der Waals surface area contributed by atoms with Crippen molar-refractivity contribution < 1.29 is 4.79 Å². The molecule has 0 radical (unpaired) electrons. The van der Waals surface area contributed by atoms with Crippen LogP contribution in [0.2, 0.25) is 8.35 Å². The Bertz CT molecular complexity index is 222. The van der Waals surface area contributed by atoms with Gasteiger partial charge in [-0.05, 0) is 0 Å². The summed E-state index contributed by atoms with van der Waals surface area (Å²) in [6.07, 6.45) is 2.97. The number of ketones is 1. The van der Waals surface area contributed by atoms with Crippen LogP contribution < -0.4 is 0 Å². The minimum atomic E-state index is -1.54. The molecule has 86 valence electrons. The topological polar surface area (TPSA) is 20.3 Å². The molecule has 0 saturated carbocycles. The average Bonchev–Trinajstić information content (AvgIpc) is 2.17. The SMILES string of the molecule is CCC[N](/C(C)=C\C(C)=O)[In]([CH2]C)[CH2]C. The summed E-state index contributed by atoms with van der Waals surface area (Å²) in [6, 6.07) is 0. The summed E-state index contributed by atoms with van der Waals surface area (Å²) >= 11 is -1.54. The Morgan fingerprint density at radius 1 is 1.20 bits per heavy atom. The zero-order valence-corrected chi connectivity index (χ0v) is 14.1. The van der Waals surface area contributed by atoms with E-state index in [1.54, 1.807) is 13.0 Å². The zero-order valence-electron chi connectivity index (χ0n) is 10.8. The maximum absolute atomic E-state index is 11.1. The van der Waals surface area contributed by atoms with Gasteiger partial charge in [0.25, 0.3) is 0 Å². The number of carbonyl (C=O) groups excluding carboxylic acids is 1. The molecule has 0 aromatic rings. The number of carbonyl (C=O) groups is 1. The van der Waals surface area contributed by atoms with Crippen molar-refractivity contribution in [2.75, 3.05) is 6.54 Å². The first-order valence-electron chi connectivity index (χ1n) is 6.02. The average molecular weight is 313 g/mol. The molecule has 0 unspecified atom stereocenters. The number of hydrogen-bond donors (Lipinski definition) is 0. The van der Waals surface area contributed by atoms with E-state index in [-0.39, 0.29) is 5.78 Å². The number of hydrogen-bond acceptors (Lipinski definition) is 2. The van der Waals surface area contributed by atoms with Gasteiger partial charge < -0.3 is 0 Å². The fraction of sp³-hybridized carbons (Fsp3) is 0.750. The Balaban J connectivity index is 4.69. The molecule has 0 fully saturated rings. The molecule has 0 atom stereocenters. The summed E-state index contributed by atoms with van der Waals surface area (Å²) < 4.78 is 5.27. The fourth-order valence-electron chi connectivity index (χ4n) is 1.99. The van der Waals surface area contributed by atoms with Crippen LogP contribution in [0, 0.1) is 0 Å². The van der Waals surface area contributed by atoms with Crippen molar-refractivity contribution >= 4 is 27.5 Å².